The summed E-state index contributed by atoms with van der Waals surface area (Å²) < 4.78 is 0. The first-order valence-corrected chi connectivity index (χ1v) is 9.99. The standard InChI is InChI=1S/C23H23ClN2/c24-17-8-6-16(7-9-17)15-25-22-18-4-1-2-5-20(18)26-21-10-13-23(11-3-12-23)14-19(21)22/h1-2,4-9H,3,10-15H2,(H,25,26). The predicted octanol–water partition coefficient (Wildman–Crippen LogP) is 6.16. The molecule has 0 amide bonds. The lowest BCUT2D eigenvalue weighted by molar-refractivity contribution is 0.111. The smallest absolute Gasteiger partial charge is 0.0726 e. The maximum Gasteiger partial charge on any atom is 0.0726 e. The minimum Gasteiger partial charge on any atom is -0.380 e. The summed E-state index contributed by atoms with van der Waals surface area (Å²) in [6.45, 7) is 0.810. The number of pyridine rings is 1. The fraction of sp³-hybridized carbons (Fsp3) is 0.348. The highest BCUT2D eigenvalue weighted by Gasteiger charge is 2.41. The molecule has 0 saturated heterocycles. The fourth-order valence-corrected chi connectivity index (χ4v) is 4.77. The Balaban J connectivity index is 1.55. The van der Waals surface area contributed by atoms with Gasteiger partial charge in [-0.15, -0.1) is 0 Å². The third-order valence-corrected chi connectivity index (χ3v) is 6.57. The minimum absolute atomic E-state index is 0.549. The van der Waals surface area contributed by atoms with Crippen LogP contribution < -0.4 is 5.32 Å². The molecule has 5 rings (SSSR count). The van der Waals surface area contributed by atoms with E-state index < -0.39 is 0 Å². The molecular formula is C23H23ClN2. The van der Waals surface area contributed by atoms with E-state index in [9.17, 15) is 0 Å². The van der Waals surface area contributed by atoms with E-state index in [-0.39, 0.29) is 0 Å². The van der Waals surface area contributed by atoms with Crippen molar-refractivity contribution in [3.63, 3.8) is 0 Å². The van der Waals surface area contributed by atoms with Crippen molar-refractivity contribution >= 4 is 28.2 Å². The number of aryl methyl sites for hydroxylation is 1. The quantitative estimate of drug-likeness (QED) is 0.603. The number of aromatic nitrogens is 1. The Morgan fingerprint density at radius 3 is 2.58 bits per heavy atom. The molecule has 1 fully saturated rings. The summed E-state index contributed by atoms with van der Waals surface area (Å²) in [7, 11) is 0. The Bertz CT molecular complexity index is 958. The molecule has 1 spiro atoms. The van der Waals surface area contributed by atoms with Crippen molar-refractivity contribution in [1.29, 1.82) is 0 Å². The lowest BCUT2D eigenvalue weighted by Gasteiger charge is -2.45. The third kappa shape index (κ3) is 2.77. The van der Waals surface area contributed by atoms with Gasteiger partial charge in [0.1, 0.15) is 0 Å². The Hall–Kier alpha value is -2.06. The van der Waals surface area contributed by atoms with Gasteiger partial charge in [-0.1, -0.05) is 48.4 Å². The first-order chi connectivity index (χ1) is 12.7. The van der Waals surface area contributed by atoms with Crippen LogP contribution in [-0.4, -0.2) is 4.98 Å². The zero-order valence-corrected chi connectivity index (χ0v) is 15.6. The van der Waals surface area contributed by atoms with Crippen LogP contribution in [0.4, 0.5) is 5.69 Å². The highest BCUT2D eigenvalue weighted by molar-refractivity contribution is 6.30. The highest BCUT2D eigenvalue weighted by atomic mass is 35.5. The van der Waals surface area contributed by atoms with Crippen molar-refractivity contribution in [3.8, 4) is 0 Å². The third-order valence-electron chi connectivity index (χ3n) is 6.32. The molecule has 1 heterocycles. The van der Waals surface area contributed by atoms with Gasteiger partial charge in [0.2, 0.25) is 0 Å². The van der Waals surface area contributed by atoms with Crippen molar-refractivity contribution in [2.24, 2.45) is 5.41 Å². The monoisotopic (exact) mass is 362 g/mol. The number of benzene rings is 2. The Morgan fingerprint density at radius 2 is 1.81 bits per heavy atom. The molecule has 1 saturated carbocycles. The molecule has 132 valence electrons. The van der Waals surface area contributed by atoms with Crippen LogP contribution >= 0.6 is 11.6 Å². The van der Waals surface area contributed by atoms with Gasteiger partial charge in [-0.2, -0.15) is 0 Å². The number of fused-ring (bicyclic) bond motifs is 2. The summed E-state index contributed by atoms with van der Waals surface area (Å²) in [5.41, 5.74) is 6.97. The lowest BCUT2D eigenvalue weighted by atomic mass is 9.60. The molecule has 0 radical (unpaired) electrons. The van der Waals surface area contributed by atoms with Gasteiger partial charge in [0.05, 0.1) is 5.52 Å². The molecule has 2 aliphatic carbocycles. The molecule has 0 bridgehead atoms. The topological polar surface area (TPSA) is 24.9 Å². The molecule has 0 atom stereocenters. The van der Waals surface area contributed by atoms with Gasteiger partial charge < -0.3 is 5.32 Å². The Labute approximate surface area is 159 Å². The van der Waals surface area contributed by atoms with Crippen LogP contribution in [0, 0.1) is 5.41 Å². The fourth-order valence-electron chi connectivity index (χ4n) is 4.64. The minimum atomic E-state index is 0.549. The van der Waals surface area contributed by atoms with Crippen LogP contribution in [-0.2, 0) is 19.4 Å². The molecule has 2 aliphatic rings. The van der Waals surface area contributed by atoms with E-state index in [0.29, 0.717) is 5.41 Å². The lowest BCUT2D eigenvalue weighted by Crippen LogP contribution is -2.36. The van der Waals surface area contributed by atoms with Crippen molar-refractivity contribution in [3.05, 3.63) is 70.4 Å². The number of hydrogen-bond donors (Lipinski definition) is 1. The maximum absolute atomic E-state index is 6.03. The zero-order valence-electron chi connectivity index (χ0n) is 14.9. The maximum atomic E-state index is 6.03. The first-order valence-electron chi connectivity index (χ1n) is 9.61. The predicted molar refractivity (Wildman–Crippen MR) is 109 cm³/mol. The zero-order chi connectivity index (χ0) is 17.6. The molecule has 26 heavy (non-hydrogen) atoms. The van der Waals surface area contributed by atoms with E-state index in [0.717, 1.165) is 23.5 Å². The molecule has 2 nitrogen and oxygen atoms in total. The summed E-state index contributed by atoms with van der Waals surface area (Å²) in [4.78, 5) is 5.01. The SMILES string of the molecule is Clc1ccc(CNc2c3c(nc4ccccc24)CCC2(CCC2)C3)cc1. The average molecular weight is 363 g/mol. The average Bonchev–Trinajstić information content (AvgIpc) is 2.65. The Kier molecular flexibility index (Phi) is 3.90. The van der Waals surface area contributed by atoms with Crippen LogP contribution in [0.5, 0.6) is 0 Å². The van der Waals surface area contributed by atoms with Crippen molar-refractivity contribution < 1.29 is 0 Å². The van der Waals surface area contributed by atoms with Gasteiger partial charge in [-0.25, -0.2) is 0 Å². The highest BCUT2D eigenvalue weighted by Crippen LogP contribution is 2.51. The molecule has 0 unspecified atom stereocenters. The molecule has 1 N–H and O–H groups in total. The van der Waals surface area contributed by atoms with Gasteiger partial charge in [0.25, 0.3) is 0 Å². The van der Waals surface area contributed by atoms with Gasteiger partial charge in [-0.3, -0.25) is 4.98 Å². The number of hydrogen-bond acceptors (Lipinski definition) is 2. The number of para-hydroxylation sites is 1. The van der Waals surface area contributed by atoms with Crippen LogP contribution in [0.25, 0.3) is 10.9 Å². The number of rotatable bonds is 3. The van der Waals surface area contributed by atoms with Gasteiger partial charge in [0.15, 0.2) is 0 Å². The first kappa shape index (κ1) is 16.1. The molecule has 1 aromatic heterocycles. The summed E-state index contributed by atoms with van der Waals surface area (Å²) >= 11 is 6.03. The van der Waals surface area contributed by atoms with Crippen LogP contribution in [0.2, 0.25) is 5.02 Å². The van der Waals surface area contributed by atoms with Crippen molar-refractivity contribution in [1.82, 2.24) is 4.98 Å². The largest absolute Gasteiger partial charge is 0.380 e. The number of nitrogens with zero attached hydrogens (tertiary/aromatic N) is 1. The van der Waals surface area contributed by atoms with Gasteiger partial charge in [0, 0.05) is 28.3 Å². The normalized spacial score (nSPS) is 17.7. The summed E-state index contributed by atoms with van der Waals surface area (Å²) in [6, 6.07) is 16.7. The van der Waals surface area contributed by atoms with Crippen molar-refractivity contribution in [2.75, 3.05) is 5.32 Å². The summed E-state index contributed by atoms with van der Waals surface area (Å²) in [5.74, 6) is 0. The molecule has 3 heteroatoms. The van der Waals surface area contributed by atoms with Gasteiger partial charge in [-0.05, 0) is 66.8 Å². The van der Waals surface area contributed by atoms with E-state index in [1.807, 2.05) is 12.1 Å². The van der Waals surface area contributed by atoms with Crippen LogP contribution in [0.3, 0.4) is 0 Å². The second kappa shape index (κ2) is 6.28. The van der Waals surface area contributed by atoms with Crippen LogP contribution in [0.1, 0.15) is 42.5 Å². The molecule has 3 aromatic rings. The molecule has 2 aromatic carbocycles. The van der Waals surface area contributed by atoms with Crippen LogP contribution in [0.15, 0.2) is 48.5 Å². The van der Waals surface area contributed by atoms with E-state index in [1.54, 1.807) is 0 Å². The second-order valence-electron chi connectivity index (χ2n) is 7.94. The second-order valence-corrected chi connectivity index (χ2v) is 8.38. The van der Waals surface area contributed by atoms with E-state index in [4.69, 9.17) is 16.6 Å². The van der Waals surface area contributed by atoms with Crippen molar-refractivity contribution in [2.45, 2.75) is 45.1 Å². The summed E-state index contributed by atoms with van der Waals surface area (Å²) in [6.07, 6.45) is 7.77. The number of halogens is 1. The van der Waals surface area contributed by atoms with E-state index in [2.05, 4.69) is 41.7 Å². The van der Waals surface area contributed by atoms with E-state index in [1.165, 1.54) is 60.0 Å². The van der Waals surface area contributed by atoms with E-state index >= 15 is 0 Å². The molecular weight excluding hydrogens is 340 g/mol. The number of nitrogens with one attached hydrogen (secondary N) is 1. The van der Waals surface area contributed by atoms with Gasteiger partial charge >= 0.3 is 0 Å². The molecule has 0 aliphatic heterocycles. The summed E-state index contributed by atoms with van der Waals surface area (Å²) in [5, 5.41) is 5.79. The Morgan fingerprint density at radius 1 is 1.00 bits per heavy atom. The number of anilines is 1.